The monoisotopic (exact) mass is 602 g/mol. The molecule has 0 amide bonds. The maximum absolute atomic E-state index is 15.4. The van der Waals surface area contributed by atoms with E-state index in [1.807, 2.05) is 32.3 Å². The van der Waals surface area contributed by atoms with Crippen molar-refractivity contribution < 1.29 is 23.8 Å². The molecule has 9 nitrogen and oxygen atoms in total. The lowest BCUT2D eigenvalue weighted by atomic mass is 10.1. The van der Waals surface area contributed by atoms with Gasteiger partial charge < -0.3 is 23.7 Å². The van der Waals surface area contributed by atoms with Crippen LogP contribution in [-0.4, -0.2) is 43.9 Å². The van der Waals surface area contributed by atoms with Crippen LogP contribution in [0.3, 0.4) is 0 Å². The van der Waals surface area contributed by atoms with Crippen LogP contribution in [0.25, 0.3) is 22.3 Å². The molecule has 1 N–H and O–H groups in total. The Kier molecular flexibility index (Phi) is 12.3. The highest BCUT2D eigenvalue weighted by Gasteiger charge is 2.16. The zero-order valence-electron chi connectivity index (χ0n) is 26.0. The van der Waals surface area contributed by atoms with Crippen molar-refractivity contribution in [3.8, 4) is 17.1 Å². The first-order valence-corrected chi connectivity index (χ1v) is 14.6. The van der Waals surface area contributed by atoms with E-state index in [0.717, 1.165) is 0 Å². The third-order valence-electron chi connectivity index (χ3n) is 6.67. The summed E-state index contributed by atoms with van der Waals surface area (Å²) in [6.45, 7) is 9.00. The highest BCUT2D eigenvalue weighted by Crippen LogP contribution is 2.26. The second kappa shape index (κ2) is 16.1. The number of hydrogen-bond acceptors (Lipinski definition) is 6. The maximum Gasteiger partial charge on any atom is 0.335 e. The SMILES string of the molecule is CC.CC.COCCn1c(Cc2ccc(-c3cccc(OCc4cccc(=O)n4C)n3)cc2F)nc2ccc(C(=O)O)cc21. The molecular weight excluding hydrogens is 563 g/mol. The molecule has 0 atom stereocenters. The van der Waals surface area contributed by atoms with Crippen molar-refractivity contribution in [3.63, 3.8) is 0 Å². The molecule has 10 heteroatoms. The summed E-state index contributed by atoms with van der Waals surface area (Å²) in [6.07, 6.45) is 0.208. The van der Waals surface area contributed by atoms with Gasteiger partial charge in [-0.05, 0) is 42.0 Å². The topological polar surface area (TPSA) is 108 Å². The molecule has 0 unspecified atom stereocenters. The number of halogens is 1. The van der Waals surface area contributed by atoms with Crippen LogP contribution in [0.5, 0.6) is 5.88 Å². The van der Waals surface area contributed by atoms with Crippen LogP contribution in [0.15, 0.2) is 77.6 Å². The highest BCUT2D eigenvalue weighted by molar-refractivity contribution is 5.92. The van der Waals surface area contributed by atoms with Gasteiger partial charge in [-0.15, -0.1) is 0 Å². The minimum atomic E-state index is -1.03. The maximum atomic E-state index is 15.4. The lowest BCUT2D eigenvalue weighted by molar-refractivity contribution is 0.0697. The van der Waals surface area contributed by atoms with Gasteiger partial charge in [0.15, 0.2) is 0 Å². The van der Waals surface area contributed by atoms with Crippen LogP contribution >= 0.6 is 0 Å². The molecule has 3 aromatic heterocycles. The fraction of sp³-hybridized carbons (Fsp3) is 0.294. The number of fused-ring (bicyclic) bond motifs is 1. The number of rotatable bonds is 10. The first-order valence-electron chi connectivity index (χ1n) is 14.6. The van der Waals surface area contributed by atoms with E-state index in [4.69, 9.17) is 9.47 Å². The summed E-state index contributed by atoms with van der Waals surface area (Å²) in [7, 11) is 3.26. The summed E-state index contributed by atoms with van der Waals surface area (Å²) in [5.74, 6) is -0.490. The molecule has 0 fully saturated rings. The summed E-state index contributed by atoms with van der Waals surface area (Å²) < 4.78 is 29.7. The number of carboxylic acids is 1. The van der Waals surface area contributed by atoms with Gasteiger partial charge in [0, 0.05) is 44.8 Å². The molecule has 0 radical (unpaired) electrons. The molecule has 5 rings (SSSR count). The summed E-state index contributed by atoms with van der Waals surface area (Å²) >= 11 is 0. The molecule has 0 saturated heterocycles. The highest BCUT2D eigenvalue weighted by atomic mass is 19.1. The van der Waals surface area contributed by atoms with Crippen LogP contribution in [0.4, 0.5) is 4.39 Å². The number of imidazole rings is 1. The molecule has 232 valence electrons. The Bertz CT molecular complexity index is 1760. The first kappa shape index (κ1) is 33.7. The average molecular weight is 603 g/mol. The number of pyridine rings is 2. The molecule has 3 heterocycles. The zero-order chi connectivity index (χ0) is 32.2. The first-order chi connectivity index (χ1) is 21.3. The second-order valence-corrected chi connectivity index (χ2v) is 9.23. The number of aromatic nitrogens is 4. The van der Waals surface area contributed by atoms with E-state index >= 15 is 4.39 Å². The van der Waals surface area contributed by atoms with Crippen molar-refractivity contribution in [2.24, 2.45) is 7.05 Å². The van der Waals surface area contributed by atoms with Crippen molar-refractivity contribution in [2.75, 3.05) is 13.7 Å². The van der Waals surface area contributed by atoms with E-state index in [9.17, 15) is 14.7 Å². The molecule has 2 aromatic carbocycles. The Hall–Kier alpha value is -4.83. The Balaban J connectivity index is 0.00000127. The lowest BCUT2D eigenvalue weighted by Crippen LogP contribution is -2.19. The van der Waals surface area contributed by atoms with Gasteiger partial charge in [0.1, 0.15) is 18.2 Å². The third-order valence-corrected chi connectivity index (χ3v) is 6.67. The second-order valence-electron chi connectivity index (χ2n) is 9.23. The number of aromatic carboxylic acids is 1. The number of hydrogen-bond donors (Lipinski definition) is 1. The average Bonchev–Trinajstić information content (AvgIpc) is 3.39. The number of carboxylic acid groups (broad SMARTS) is 1. The van der Waals surface area contributed by atoms with Gasteiger partial charge >= 0.3 is 5.97 Å². The van der Waals surface area contributed by atoms with Gasteiger partial charge in [-0.25, -0.2) is 19.2 Å². The Morgan fingerprint density at radius 2 is 1.70 bits per heavy atom. The summed E-state index contributed by atoms with van der Waals surface area (Å²) in [6, 6.07) is 19.8. The van der Waals surface area contributed by atoms with Crippen LogP contribution in [-0.2, 0) is 31.4 Å². The lowest BCUT2D eigenvalue weighted by Gasteiger charge is -2.11. The van der Waals surface area contributed by atoms with Crippen molar-refractivity contribution in [3.05, 3.63) is 112 Å². The van der Waals surface area contributed by atoms with E-state index in [1.165, 1.54) is 22.8 Å². The molecule has 5 aromatic rings. The summed E-state index contributed by atoms with van der Waals surface area (Å²) in [4.78, 5) is 32.5. The van der Waals surface area contributed by atoms with Gasteiger partial charge in [0.2, 0.25) is 5.88 Å². The fourth-order valence-electron chi connectivity index (χ4n) is 4.45. The van der Waals surface area contributed by atoms with Crippen LogP contribution in [0, 0.1) is 5.82 Å². The van der Waals surface area contributed by atoms with E-state index in [0.29, 0.717) is 58.4 Å². The van der Waals surface area contributed by atoms with Gasteiger partial charge in [0.25, 0.3) is 5.56 Å². The van der Waals surface area contributed by atoms with Crippen LogP contribution in [0.2, 0.25) is 0 Å². The summed E-state index contributed by atoms with van der Waals surface area (Å²) in [5.41, 5.74) is 3.57. The molecule has 0 bridgehead atoms. The van der Waals surface area contributed by atoms with Gasteiger partial charge in [-0.3, -0.25) is 4.79 Å². The molecule has 44 heavy (non-hydrogen) atoms. The van der Waals surface area contributed by atoms with Gasteiger partial charge in [-0.1, -0.05) is 52.0 Å². The van der Waals surface area contributed by atoms with Gasteiger partial charge in [-0.2, -0.15) is 0 Å². The molecule has 0 aliphatic heterocycles. The molecule has 0 aliphatic carbocycles. The predicted octanol–water partition coefficient (Wildman–Crippen LogP) is 6.50. The Morgan fingerprint density at radius 1 is 0.955 bits per heavy atom. The molecule has 0 spiro atoms. The predicted molar refractivity (Wildman–Crippen MR) is 170 cm³/mol. The number of carbonyl (C=O) groups is 1. The Labute approximate surface area is 256 Å². The van der Waals surface area contributed by atoms with Crippen molar-refractivity contribution in [2.45, 2.75) is 47.3 Å². The van der Waals surface area contributed by atoms with Crippen molar-refractivity contribution in [1.29, 1.82) is 0 Å². The third kappa shape index (κ3) is 7.96. The van der Waals surface area contributed by atoms with E-state index in [2.05, 4.69) is 9.97 Å². The zero-order valence-corrected chi connectivity index (χ0v) is 26.0. The van der Waals surface area contributed by atoms with Crippen molar-refractivity contribution >= 4 is 17.0 Å². The molecular formula is C34H39FN4O5. The minimum absolute atomic E-state index is 0.127. The standard InChI is InChI=1S/C30H27FN4O5.2C2H6/c1-34-22(5-3-8-29(34)36)18-40-28-7-4-6-24(33-28)20-10-9-19(23(31)15-20)17-27-32-25-12-11-21(30(37)38)16-26(25)35(27)13-14-39-2;2*1-2/h3-12,15-16H,13-14,17-18H2,1-2H3,(H,37,38);2*1-2H3. The number of nitrogens with zero attached hydrogens (tertiary/aromatic N) is 4. The fourth-order valence-corrected chi connectivity index (χ4v) is 4.45. The van der Waals surface area contributed by atoms with E-state index in [-0.39, 0.29) is 24.2 Å². The minimum Gasteiger partial charge on any atom is -0.478 e. The van der Waals surface area contributed by atoms with Gasteiger partial charge in [0.05, 0.1) is 34.6 Å². The van der Waals surface area contributed by atoms with Crippen molar-refractivity contribution in [1.82, 2.24) is 19.1 Å². The van der Waals surface area contributed by atoms with E-state index < -0.39 is 11.8 Å². The largest absolute Gasteiger partial charge is 0.478 e. The normalized spacial score (nSPS) is 10.4. The molecule has 0 aliphatic rings. The van der Waals surface area contributed by atoms with Crippen LogP contribution in [0.1, 0.15) is 55.1 Å². The van der Waals surface area contributed by atoms with E-state index in [1.54, 1.807) is 68.8 Å². The summed E-state index contributed by atoms with van der Waals surface area (Å²) in [5, 5.41) is 9.40. The van der Waals surface area contributed by atoms with Crippen LogP contribution < -0.4 is 10.3 Å². The number of benzene rings is 2. The number of methoxy groups -OCH3 is 1. The Morgan fingerprint density at radius 3 is 2.41 bits per heavy atom. The number of ether oxygens (including phenoxy) is 2. The quantitative estimate of drug-likeness (QED) is 0.194. The smallest absolute Gasteiger partial charge is 0.335 e. The molecule has 0 saturated carbocycles.